The molecule has 128 valence electrons. The molecule has 0 spiro atoms. The summed E-state index contributed by atoms with van der Waals surface area (Å²) < 4.78 is 5.51. The molecular formula is C18H16N2O5. The number of hydrazine groups is 1. The molecule has 0 bridgehead atoms. The molecule has 0 heterocycles. The van der Waals surface area contributed by atoms with E-state index >= 15 is 0 Å². The highest BCUT2D eigenvalue weighted by atomic mass is 16.5. The minimum atomic E-state index is -1.26. The number of amides is 2. The van der Waals surface area contributed by atoms with E-state index in [4.69, 9.17) is 9.84 Å². The summed E-state index contributed by atoms with van der Waals surface area (Å²) in [5.41, 5.74) is 5.97. The molecule has 0 aromatic heterocycles. The Kier molecular flexibility index (Phi) is 6.30. The second kappa shape index (κ2) is 8.88. The number of carbonyl (C=O) groups is 3. The lowest BCUT2D eigenvalue weighted by Crippen LogP contribution is -2.43. The lowest BCUT2D eigenvalue weighted by molar-refractivity contribution is -0.131. The maximum absolute atomic E-state index is 11.7. The standard InChI is InChI=1S/C18H16N2O5/c21-16(10-11-18(23)24)19-20-17(22)12-25-15-9-5-4-8-14(15)13-6-2-1-3-7-13/h1-11H,12H2,(H,19,21)(H,20,22)(H,23,24)/b11-10+. The molecule has 0 atom stereocenters. The van der Waals surface area contributed by atoms with Gasteiger partial charge in [-0.1, -0.05) is 48.5 Å². The minimum Gasteiger partial charge on any atom is -0.483 e. The number of benzene rings is 2. The Labute approximate surface area is 143 Å². The van der Waals surface area contributed by atoms with Crippen LogP contribution < -0.4 is 15.6 Å². The molecule has 0 saturated heterocycles. The Balaban J connectivity index is 1.90. The number of hydrogen-bond acceptors (Lipinski definition) is 4. The van der Waals surface area contributed by atoms with Crippen LogP contribution in [0, 0.1) is 0 Å². The summed E-state index contributed by atoms with van der Waals surface area (Å²) in [4.78, 5) is 33.2. The van der Waals surface area contributed by atoms with E-state index in [2.05, 4.69) is 10.9 Å². The van der Waals surface area contributed by atoms with Crippen LogP contribution in [0.3, 0.4) is 0 Å². The van der Waals surface area contributed by atoms with Crippen molar-refractivity contribution in [2.24, 2.45) is 0 Å². The molecule has 2 rings (SSSR count). The number of carboxylic acids is 1. The summed E-state index contributed by atoms with van der Waals surface area (Å²) in [6.45, 7) is -0.313. The molecule has 0 aliphatic heterocycles. The topological polar surface area (TPSA) is 105 Å². The van der Waals surface area contributed by atoms with Crippen LogP contribution >= 0.6 is 0 Å². The maximum atomic E-state index is 11.7. The molecular weight excluding hydrogens is 324 g/mol. The van der Waals surface area contributed by atoms with Crippen molar-refractivity contribution in [3.8, 4) is 16.9 Å². The molecule has 0 unspecified atom stereocenters. The summed E-state index contributed by atoms with van der Waals surface area (Å²) in [7, 11) is 0. The fourth-order valence-corrected chi connectivity index (χ4v) is 1.95. The van der Waals surface area contributed by atoms with Crippen LogP contribution in [0.25, 0.3) is 11.1 Å². The number of carboxylic acid groups (broad SMARTS) is 1. The predicted octanol–water partition coefficient (Wildman–Crippen LogP) is 1.52. The first-order chi connectivity index (χ1) is 12.1. The van der Waals surface area contributed by atoms with Crippen molar-refractivity contribution in [3.05, 3.63) is 66.7 Å². The van der Waals surface area contributed by atoms with Crippen LogP contribution in [0.5, 0.6) is 5.75 Å². The smallest absolute Gasteiger partial charge is 0.328 e. The molecule has 2 aromatic carbocycles. The van der Waals surface area contributed by atoms with Crippen molar-refractivity contribution in [2.45, 2.75) is 0 Å². The van der Waals surface area contributed by atoms with Gasteiger partial charge in [-0.05, 0) is 11.6 Å². The van der Waals surface area contributed by atoms with E-state index in [1.165, 1.54) is 0 Å². The number of ether oxygens (including phenoxy) is 1. The van der Waals surface area contributed by atoms with Gasteiger partial charge >= 0.3 is 5.97 Å². The first-order valence-corrected chi connectivity index (χ1v) is 7.33. The average Bonchev–Trinajstić information content (AvgIpc) is 2.64. The van der Waals surface area contributed by atoms with Crippen LogP contribution in [-0.2, 0) is 14.4 Å². The van der Waals surface area contributed by atoms with E-state index in [9.17, 15) is 14.4 Å². The number of carbonyl (C=O) groups excluding carboxylic acids is 2. The van der Waals surface area contributed by atoms with Gasteiger partial charge in [0.1, 0.15) is 5.75 Å². The van der Waals surface area contributed by atoms with E-state index in [1.807, 2.05) is 42.5 Å². The molecule has 0 fully saturated rings. The molecule has 0 aliphatic rings. The van der Waals surface area contributed by atoms with E-state index in [-0.39, 0.29) is 6.61 Å². The van der Waals surface area contributed by atoms with Gasteiger partial charge in [-0.2, -0.15) is 0 Å². The maximum Gasteiger partial charge on any atom is 0.328 e. The zero-order valence-electron chi connectivity index (χ0n) is 13.1. The van der Waals surface area contributed by atoms with Crippen LogP contribution in [-0.4, -0.2) is 29.5 Å². The zero-order valence-corrected chi connectivity index (χ0v) is 13.1. The number of rotatable bonds is 6. The molecule has 2 aromatic rings. The van der Waals surface area contributed by atoms with Crippen molar-refractivity contribution in [2.75, 3.05) is 6.61 Å². The SMILES string of the molecule is O=C(O)/C=C/C(=O)NNC(=O)COc1ccccc1-c1ccccc1. The summed E-state index contributed by atoms with van der Waals surface area (Å²) in [6, 6.07) is 16.8. The van der Waals surface area contributed by atoms with Crippen molar-refractivity contribution in [1.29, 1.82) is 0 Å². The third-order valence-electron chi connectivity index (χ3n) is 3.03. The van der Waals surface area contributed by atoms with Crippen LogP contribution in [0.2, 0.25) is 0 Å². The highest BCUT2D eigenvalue weighted by Gasteiger charge is 2.08. The monoisotopic (exact) mass is 340 g/mol. The van der Waals surface area contributed by atoms with E-state index < -0.39 is 17.8 Å². The molecule has 0 radical (unpaired) electrons. The molecule has 2 amide bonds. The summed E-state index contributed by atoms with van der Waals surface area (Å²) in [5, 5.41) is 8.40. The van der Waals surface area contributed by atoms with Gasteiger partial charge in [-0.15, -0.1) is 0 Å². The summed E-state index contributed by atoms with van der Waals surface area (Å²) in [5.74, 6) is -2.08. The molecule has 3 N–H and O–H groups in total. The molecule has 7 nitrogen and oxygen atoms in total. The first kappa shape index (κ1) is 17.7. The van der Waals surface area contributed by atoms with Crippen molar-refractivity contribution >= 4 is 17.8 Å². The van der Waals surface area contributed by atoms with Crippen LogP contribution in [0.4, 0.5) is 0 Å². The Hall–Kier alpha value is -3.61. The number of nitrogens with one attached hydrogen (secondary N) is 2. The highest BCUT2D eigenvalue weighted by Crippen LogP contribution is 2.29. The molecule has 7 heteroatoms. The fraction of sp³-hybridized carbons (Fsp3) is 0.0556. The minimum absolute atomic E-state index is 0.313. The number of aliphatic carboxylic acids is 1. The van der Waals surface area contributed by atoms with Gasteiger partial charge in [-0.3, -0.25) is 20.4 Å². The zero-order chi connectivity index (χ0) is 18.1. The van der Waals surface area contributed by atoms with E-state index in [0.29, 0.717) is 11.8 Å². The van der Waals surface area contributed by atoms with Crippen LogP contribution in [0.1, 0.15) is 0 Å². The molecule has 0 saturated carbocycles. The van der Waals surface area contributed by atoms with Crippen molar-refractivity contribution in [3.63, 3.8) is 0 Å². The van der Waals surface area contributed by atoms with Crippen molar-refractivity contribution in [1.82, 2.24) is 10.9 Å². The Morgan fingerprint density at radius 3 is 2.32 bits per heavy atom. The molecule has 0 aliphatic carbocycles. The number of hydrogen-bond donors (Lipinski definition) is 3. The van der Waals surface area contributed by atoms with Crippen LogP contribution in [0.15, 0.2) is 66.7 Å². The third kappa shape index (κ3) is 5.83. The van der Waals surface area contributed by atoms with Gasteiger partial charge in [0.15, 0.2) is 6.61 Å². The van der Waals surface area contributed by atoms with E-state index in [1.54, 1.807) is 12.1 Å². The predicted molar refractivity (Wildman–Crippen MR) is 90.4 cm³/mol. The quantitative estimate of drug-likeness (QED) is 0.546. The Morgan fingerprint density at radius 2 is 1.60 bits per heavy atom. The fourth-order valence-electron chi connectivity index (χ4n) is 1.95. The highest BCUT2D eigenvalue weighted by molar-refractivity contribution is 5.94. The second-order valence-corrected chi connectivity index (χ2v) is 4.86. The lowest BCUT2D eigenvalue weighted by atomic mass is 10.1. The van der Waals surface area contributed by atoms with Gasteiger partial charge in [0.2, 0.25) is 0 Å². The van der Waals surface area contributed by atoms with E-state index in [0.717, 1.165) is 17.2 Å². The molecule has 25 heavy (non-hydrogen) atoms. The second-order valence-electron chi connectivity index (χ2n) is 4.86. The van der Waals surface area contributed by atoms with Gasteiger partial charge in [0.05, 0.1) is 0 Å². The third-order valence-corrected chi connectivity index (χ3v) is 3.03. The van der Waals surface area contributed by atoms with Gasteiger partial charge in [0.25, 0.3) is 11.8 Å². The summed E-state index contributed by atoms with van der Waals surface area (Å²) >= 11 is 0. The first-order valence-electron chi connectivity index (χ1n) is 7.33. The van der Waals surface area contributed by atoms with Crippen molar-refractivity contribution < 1.29 is 24.2 Å². The Morgan fingerprint density at radius 1 is 0.920 bits per heavy atom. The van der Waals surface area contributed by atoms with Gasteiger partial charge in [-0.25, -0.2) is 4.79 Å². The lowest BCUT2D eigenvalue weighted by Gasteiger charge is -2.11. The Bertz CT molecular complexity index is 787. The van der Waals surface area contributed by atoms with Gasteiger partial charge in [0, 0.05) is 17.7 Å². The van der Waals surface area contributed by atoms with Gasteiger partial charge < -0.3 is 9.84 Å². The largest absolute Gasteiger partial charge is 0.483 e. The number of para-hydroxylation sites is 1. The summed E-state index contributed by atoms with van der Waals surface area (Å²) in [6.07, 6.45) is 1.45. The normalized spacial score (nSPS) is 10.2. The average molecular weight is 340 g/mol.